The molecule has 2 atom stereocenters. The van der Waals surface area contributed by atoms with Crippen LogP contribution < -0.4 is 0 Å². The van der Waals surface area contributed by atoms with Gasteiger partial charge in [-0.25, -0.2) is 0 Å². The Bertz CT molecular complexity index is 179. The fourth-order valence-corrected chi connectivity index (χ4v) is 1.84. The molecular formula is C9H18N2O. The molecule has 2 unspecified atom stereocenters. The van der Waals surface area contributed by atoms with Gasteiger partial charge in [0, 0.05) is 20.6 Å². The van der Waals surface area contributed by atoms with Crippen LogP contribution in [0.3, 0.4) is 0 Å². The number of likely N-dealkylation sites (N-methyl/N-ethyl adjacent to an activating group) is 2. The van der Waals surface area contributed by atoms with Gasteiger partial charge in [0.2, 0.25) is 5.91 Å². The van der Waals surface area contributed by atoms with Crippen molar-refractivity contribution >= 4 is 5.91 Å². The second kappa shape index (κ2) is 3.44. The molecule has 70 valence electrons. The van der Waals surface area contributed by atoms with Gasteiger partial charge < -0.3 is 4.90 Å². The quantitative estimate of drug-likeness (QED) is 0.569. The first-order chi connectivity index (χ1) is 5.52. The van der Waals surface area contributed by atoms with Gasteiger partial charge in [0.25, 0.3) is 0 Å². The molecule has 1 rings (SSSR count). The van der Waals surface area contributed by atoms with Gasteiger partial charge in [-0.15, -0.1) is 0 Å². The summed E-state index contributed by atoms with van der Waals surface area (Å²) in [6.07, 6.45) is 1.01. The van der Waals surface area contributed by atoms with Crippen LogP contribution in [0.2, 0.25) is 0 Å². The van der Waals surface area contributed by atoms with Crippen molar-refractivity contribution in [2.24, 2.45) is 5.92 Å². The van der Waals surface area contributed by atoms with Gasteiger partial charge in [-0.1, -0.05) is 6.92 Å². The van der Waals surface area contributed by atoms with Crippen molar-refractivity contribution in [3.8, 4) is 0 Å². The van der Waals surface area contributed by atoms with Crippen LogP contribution in [0.4, 0.5) is 0 Å². The summed E-state index contributed by atoms with van der Waals surface area (Å²) in [4.78, 5) is 15.4. The monoisotopic (exact) mass is 170 g/mol. The van der Waals surface area contributed by atoms with Crippen molar-refractivity contribution in [1.29, 1.82) is 0 Å². The van der Waals surface area contributed by atoms with Gasteiger partial charge in [0.05, 0.1) is 6.04 Å². The minimum Gasteiger partial charge on any atom is -0.347 e. The van der Waals surface area contributed by atoms with Crippen LogP contribution in [0.1, 0.15) is 13.3 Å². The van der Waals surface area contributed by atoms with E-state index in [1.54, 1.807) is 4.90 Å². The average molecular weight is 170 g/mol. The Hall–Kier alpha value is -0.570. The fourth-order valence-electron chi connectivity index (χ4n) is 1.84. The first kappa shape index (κ1) is 9.52. The number of carbonyl (C=O) groups excluding carboxylic acids is 1. The number of carbonyl (C=O) groups is 1. The van der Waals surface area contributed by atoms with E-state index in [0.29, 0.717) is 5.92 Å². The lowest BCUT2D eigenvalue weighted by molar-refractivity contribution is -0.132. The van der Waals surface area contributed by atoms with Gasteiger partial charge in [0.1, 0.15) is 0 Å². The van der Waals surface area contributed by atoms with E-state index in [9.17, 15) is 4.79 Å². The van der Waals surface area contributed by atoms with Crippen molar-refractivity contribution in [3.63, 3.8) is 0 Å². The van der Waals surface area contributed by atoms with Crippen molar-refractivity contribution in [3.05, 3.63) is 0 Å². The molecule has 1 heterocycles. The maximum atomic E-state index is 11.6. The van der Waals surface area contributed by atoms with E-state index in [1.165, 1.54) is 0 Å². The molecule has 1 saturated heterocycles. The highest BCUT2D eigenvalue weighted by atomic mass is 16.2. The first-order valence-corrected chi connectivity index (χ1v) is 4.43. The summed E-state index contributed by atoms with van der Waals surface area (Å²) in [5.41, 5.74) is 0. The summed E-state index contributed by atoms with van der Waals surface area (Å²) in [6.45, 7) is 3.24. The normalized spacial score (nSPS) is 30.7. The number of hydrogen-bond acceptors (Lipinski definition) is 2. The fraction of sp³-hybridized carbons (Fsp3) is 0.889. The summed E-state index contributed by atoms with van der Waals surface area (Å²) in [7, 11) is 5.66. The van der Waals surface area contributed by atoms with E-state index in [1.807, 2.05) is 21.1 Å². The topological polar surface area (TPSA) is 23.6 Å². The van der Waals surface area contributed by atoms with Crippen LogP contribution >= 0.6 is 0 Å². The minimum atomic E-state index is 0.120. The highest BCUT2D eigenvalue weighted by molar-refractivity contribution is 5.81. The highest BCUT2D eigenvalue weighted by Gasteiger charge is 2.32. The Labute approximate surface area is 74.3 Å². The molecule has 1 fully saturated rings. The van der Waals surface area contributed by atoms with Gasteiger partial charge in [0.15, 0.2) is 0 Å². The molecule has 0 bridgehead atoms. The van der Waals surface area contributed by atoms with Gasteiger partial charge in [-0.05, 0) is 19.4 Å². The summed E-state index contributed by atoms with van der Waals surface area (Å²) in [6, 6.07) is 0.120. The highest BCUT2D eigenvalue weighted by Crippen LogP contribution is 2.21. The summed E-state index contributed by atoms with van der Waals surface area (Å²) < 4.78 is 0. The molecule has 0 aromatic carbocycles. The molecule has 0 aliphatic carbocycles. The van der Waals surface area contributed by atoms with Crippen LogP contribution in [-0.2, 0) is 4.79 Å². The average Bonchev–Trinajstić information content (AvgIpc) is 2.28. The van der Waals surface area contributed by atoms with Crippen LogP contribution in [0.15, 0.2) is 0 Å². The zero-order valence-corrected chi connectivity index (χ0v) is 8.37. The largest absolute Gasteiger partial charge is 0.347 e. The summed E-state index contributed by atoms with van der Waals surface area (Å²) in [5, 5.41) is 0. The molecule has 1 aliphatic heterocycles. The molecule has 12 heavy (non-hydrogen) atoms. The number of hydrogen-bond donors (Lipinski definition) is 0. The lowest BCUT2D eigenvalue weighted by atomic mass is 10.1. The third kappa shape index (κ3) is 1.78. The van der Waals surface area contributed by atoms with Crippen molar-refractivity contribution in [2.75, 3.05) is 27.7 Å². The lowest BCUT2D eigenvalue weighted by Gasteiger charge is -2.21. The molecule has 1 amide bonds. The van der Waals surface area contributed by atoms with Crippen LogP contribution in [-0.4, -0.2) is 49.4 Å². The Balaban J connectivity index is 2.58. The molecule has 0 saturated carbocycles. The third-order valence-electron chi connectivity index (χ3n) is 2.48. The predicted octanol–water partition coefficient (Wildman–Crippen LogP) is 0.415. The van der Waals surface area contributed by atoms with Gasteiger partial charge in [-0.2, -0.15) is 0 Å². The van der Waals surface area contributed by atoms with E-state index >= 15 is 0 Å². The van der Waals surface area contributed by atoms with Gasteiger partial charge >= 0.3 is 0 Å². The van der Waals surface area contributed by atoms with Crippen LogP contribution in [0, 0.1) is 5.92 Å². The van der Waals surface area contributed by atoms with E-state index in [2.05, 4.69) is 11.8 Å². The SMILES string of the molecule is CC1CC(C(=O)N(C)C)N(C)C1. The minimum absolute atomic E-state index is 0.120. The first-order valence-electron chi connectivity index (χ1n) is 4.43. The molecule has 0 aromatic rings. The lowest BCUT2D eigenvalue weighted by Crippen LogP contribution is -2.40. The smallest absolute Gasteiger partial charge is 0.239 e. The third-order valence-corrected chi connectivity index (χ3v) is 2.48. The molecule has 0 aromatic heterocycles. The Morgan fingerprint density at radius 2 is 2.08 bits per heavy atom. The predicted molar refractivity (Wildman–Crippen MR) is 48.9 cm³/mol. The van der Waals surface area contributed by atoms with Crippen molar-refractivity contribution < 1.29 is 4.79 Å². The second-order valence-corrected chi connectivity index (χ2v) is 4.03. The van der Waals surface area contributed by atoms with Gasteiger partial charge in [-0.3, -0.25) is 9.69 Å². The number of rotatable bonds is 1. The molecule has 0 radical (unpaired) electrons. The standard InChI is InChI=1S/C9H18N2O/c1-7-5-8(11(4)6-7)9(12)10(2)3/h7-8H,5-6H2,1-4H3. The molecule has 3 nitrogen and oxygen atoms in total. The maximum absolute atomic E-state index is 11.6. The number of amides is 1. The Morgan fingerprint density at radius 3 is 2.42 bits per heavy atom. The van der Waals surface area contributed by atoms with E-state index in [-0.39, 0.29) is 11.9 Å². The Kier molecular flexibility index (Phi) is 2.73. The zero-order chi connectivity index (χ0) is 9.30. The second-order valence-electron chi connectivity index (χ2n) is 4.03. The maximum Gasteiger partial charge on any atom is 0.239 e. The number of nitrogens with zero attached hydrogens (tertiary/aromatic N) is 2. The molecule has 0 spiro atoms. The zero-order valence-electron chi connectivity index (χ0n) is 8.37. The van der Waals surface area contributed by atoms with Crippen molar-refractivity contribution in [2.45, 2.75) is 19.4 Å². The Morgan fingerprint density at radius 1 is 1.50 bits per heavy atom. The molecule has 3 heteroatoms. The van der Waals surface area contributed by atoms with E-state index < -0.39 is 0 Å². The van der Waals surface area contributed by atoms with E-state index in [0.717, 1.165) is 13.0 Å². The summed E-state index contributed by atoms with van der Waals surface area (Å²) >= 11 is 0. The number of likely N-dealkylation sites (tertiary alicyclic amines) is 1. The molecule has 0 N–H and O–H groups in total. The van der Waals surface area contributed by atoms with E-state index in [4.69, 9.17) is 0 Å². The van der Waals surface area contributed by atoms with Crippen molar-refractivity contribution in [1.82, 2.24) is 9.80 Å². The van der Waals surface area contributed by atoms with Crippen LogP contribution in [0.5, 0.6) is 0 Å². The summed E-state index contributed by atoms with van der Waals surface area (Å²) in [5.74, 6) is 0.894. The molecule has 1 aliphatic rings. The van der Waals surface area contributed by atoms with Crippen LogP contribution in [0.25, 0.3) is 0 Å². The molecular weight excluding hydrogens is 152 g/mol.